The smallest absolute Gasteiger partial charge is 0.340 e. The van der Waals surface area contributed by atoms with Gasteiger partial charge in [0.1, 0.15) is 0 Å². The normalized spacial score (nSPS) is 12.0. The van der Waals surface area contributed by atoms with E-state index in [1.807, 2.05) is 73.7 Å². The van der Waals surface area contributed by atoms with Gasteiger partial charge in [-0.3, -0.25) is 4.79 Å². The summed E-state index contributed by atoms with van der Waals surface area (Å²) in [5.41, 5.74) is 2.29. The molecule has 5 heteroatoms. The number of fused-ring (bicyclic) bond motifs is 2. The Kier molecular flexibility index (Phi) is 4.81. The van der Waals surface area contributed by atoms with Gasteiger partial charge in [-0.25, -0.2) is 4.79 Å². The number of aromatic nitrogens is 1. The molecule has 0 saturated heterocycles. The van der Waals surface area contributed by atoms with Crippen LogP contribution in [0.5, 0.6) is 0 Å². The van der Waals surface area contributed by atoms with E-state index in [0.717, 1.165) is 27.2 Å². The second-order valence-electron chi connectivity index (χ2n) is 6.68. The predicted octanol–water partition coefficient (Wildman–Crippen LogP) is 4.36. The number of aromatic amines is 1. The third kappa shape index (κ3) is 3.47. The van der Waals surface area contributed by atoms with Gasteiger partial charge in [0.25, 0.3) is 5.91 Å². The highest BCUT2D eigenvalue weighted by molar-refractivity contribution is 6.04. The zero-order valence-electron chi connectivity index (χ0n) is 15.4. The van der Waals surface area contributed by atoms with E-state index < -0.39 is 5.97 Å². The second-order valence-corrected chi connectivity index (χ2v) is 6.68. The highest BCUT2D eigenvalue weighted by atomic mass is 16.5. The molecule has 4 rings (SSSR count). The van der Waals surface area contributed by atoms with Crippen LogP contribution in [0.1, 0.15) is 28.9 Å². The van der Waals surface area contributed by atoms with Crippen LogP contribution in [0.3, 0.4) is 0 Å². The van der Waals surface area contributed by atoms with E-state index in [1.165, 1.54) is 0 Å². The summed E-state index contributed by atoms with van der Waals surface area (Å²) in [5, 5.41) is 5.89. The summed E-state index contributed by atoms with van der Waals surface area (Å²) in [6.45, 7) is 1.59. The molecule has 28 heavy (non-hydrogen) atoms. The predicted molar refractivity (Wildman–Crippen MR) is 109 cm³/mol. The molecular formula is C23H20N2O3. The van der Waals surface area contributed by atoms with Gasteiger partial charge in [0.2, 0.25) is 0 Å². The van der Waals surface area contributed by atoms with Crippen molar-refractivity contribution in [2.75, 3.05) is 6.61 Å². The van der Waals surface area contributed by atoms with E-state index in [0.29, 0.717) is 5.56 Å². The summed E-state index contributed by atoms with van der Waals surface area (Å²) in [5.74, 6) is -0.862. The number of hydrogen-bond acceptors (Lipinski definition) is 3. The summed E-state index contributed by atoms with van der Waals surface area (Å²) in [6, 6.07) is 21.3. The summed E-state index contributed by atoms with van der Waals surface area (Å²) >= 11 is 0. The lowest BCUT2D eigenvalue weighted by atomic mass is 10.00. The molecule has 3 aromatic carbocycles. The molecule has 0 saturated carbocycles. The number of carbonyl (C=O) groups excluding carboxylic acids is 2. The Morgan fingerprint density at radius 2 is 1.68 bits per heavy atom. The van der Waals surface area contributed by atoms with E-state index in [2.05, 4.69) is 10.3 Å². The fourth-order valence-corrected chi connectivity index (χ4v) is 3.44. The lowest BCUT2D eigenvalue weighted by Gasteiger charge is -2.16. The molecule has 5 nitrogen and oxygen atoms in total. The maximum Gasteiger partial charge on any atom is 0.340 e. The van der Waals surface area contributed by atoms with Gasteiger partial charge in [0.05, 0.1) is 11.6 Å². The molecular weight excluding hydrogens is 352 g/mol. The number of amides is 1. The number of H-pyrrole nitrogens is 1. The minimum absolute atomic E-state index is 0.203. The molecule has 1 atom stereocenters. The van der Waals surface area contributed by atoms with E-state index >= 15 is 0 Å². The van der Waals surface area contributed by atoms with Crippen LogP contribution in [0.4, 0.5) is 0 Å². The van der Waals surface area contributed by atoms with Gasteiger partial charge < -0.3 is 15.0 Å². The first kappa shape index (κ1) is 17.8. The largest absolute Gasteiger partial charge is 0.452 e. The average molecular weight is 372 g/mol. The second kappa shape index (κ2) is 7.56. The number of benzene rings is 3. The minimum atomic E-state index is -0.523. The Labute approximate surface area is 162 Å². The summed E-state index contributed by atoms with van der Waals surface area (Å²) < 4.78 is 5.21. The van der Waals surface area contributed by atoms with Gasteiger partial charge in [-0.2, -0.15) is 0 Å². The van der Waals surface area contributed by atoms with E-state index in [-0.39, 0.29) is 18.6 Å². The van der Waals surface area contributed by atoms with Crippen LogP contribution >= 0.6 is 0 Å². The van der Waals surface area contributed by atoms with Gasteiger partial charge in [-0.05, 0) is 29.3 Å². The van der Waals surface area contributed by atoms with Crippen LogP contribution < -0.4 is 5.32 Å². The molecule has 1 aromatic heterocycles. The van der Waals surface area contributed by atoms with Crippen LogP contribution in [-0.2, 0) is 9.53 Å². The third-order valence-electron chi connectivity index (χ3n) is 4.81. The average Bonchev–Trinajstić information content (AvgIpc) is 3.16. The first-order valence-electron chi connectivity index (χ1n) is 9.14. The fraction of sp³-hybridized carbons (Fsp3) is 0.130. The van der Waals surface area contributed by atoms with Crippen molar-refractivity contribution in [3.05, 3.63) is 84.1 Å². The maximum atomic E-state index is 12.3. The maximum absolute atomic E-state index is 12.3. The van der Waals surface area contributed by atoms with Crippen molar-refractivity contribution >= 4 is 33.6 Å². The zero-order chi connectivity index (χ0) is 19.5. The number of rotatable bonds is 5. The number of esters is 1. The molecule has 2 N–H and O–H groups in total. The van der Waals surface area contributed by atoms with Crippen LogP contribution in [0.2, 0.25) is 0 Å². The molecule has 1 heterocycles. The first-order valence-corrected chi connectivity index (χ1v) is 9.14. The molecule has 4 aromatic rings. The van der Waals surface area contributed by atoms with Crippen LogP contribution in [-0.4, -0.2) is 23.5 Å². The number of para-hydroxylation sites is 1. The Hall–Kier alpha value is -3.60. The first-order chi connectivity index (χ1) is 13.6. The molecule has 0 bridgehead atoms. The molecule has 1 amide bonds. The van der Waals surface area contributed by atoms with Crippen molar-refractivity contribution in [3.8, 4) is 0 Å². The molecule has 0 radical (unpaired) electrons. The van der Waals surface area contributed by atoms with Crippen LogP contribution in [0.15, 0.2) is 72.9 Å². The Balaban J connectivity index is 1.41. The summed E-state index contributed by atoms with van der Waals surface area (Å²) in [6.07, 6.45) is 1.60. The highest BCUT2D eigenvalue weighted by Crippen LogP contribution is 2.24. The molecule has 140 valence electrons. The molecule has 0 aliphatic rings. The van der Waals surface area contributed by atoms with Crippen molar-refractivity contribution in [2.24, 2.45) is 0 Å². The van der Waals surface area contributed by atoms with Gasteiger partial charge in [0, 0.05) is 17.1 Å². The molecule has 0 aliphatic carbocycles. The van der Waals surface area contributed by atoms with Gasteiger partial charge in [-0.1, -0.05) is 60.7 Å². The quantitative estimate of drug-likeness (QED) is 0.512. The lowest BCUT2D eigenvalue weighted by molar-refractivity contribution is -0.124. The highest BCUT2D eigenvalue weighted by Gasteiger charge is 2.17. The summed E-state index contributed by atoms with van der Waals surface area (Å²) in [4.78, 5) is 27.7. The van der Waals surface area contributed by atoms with E-state index in [1.54, 1.807) is 6.20 Å². The topological polar surface area (TPSA) is 71.2 Å². The van der Waals surface area contributed by atoms with Crippen molar-refractivity contribution in [2.45, 2.75) is 13.0 Å². The molecule has 0 unspecified atom stereocenters. The van der Waals surface area contributed by atoms with Crippen LogP contribution in [0.25, 0.3) is 21.7 Å². The zero-order valence-corrected chi connectivity index (χ0v) is 15.4. The van der Waals surface area contributed by atoms with E-state index in [4.69, 9.17) is 4.74 Å². The number of hydrogen-bond donors (Lipinski definition) is 2. The molecule has 0 fully saturated rings. The number of carbonyl (C=O) groups is 2. The van der Waals surface area contributed by atoms with Gasteiger partial charge in [0.15, 0.2) is 6.61 Å². The van der Waals surface area contributed by atoms with Gasteiger partial charge >= 0.3 is 5.97 Å². The minimum Gasteiger partial charge on any atom is -0.452 e. The number of ether oxygens (including phenoxy) is 1. The third-order valence-corrected chi connectivity index (χ3v) is 4.81. The molecule has 0 aliphatic heterocycles. The molecule has 0 spiro atoms. The Morgan fingerprint density at radius 3 is 2.54 bits per heavy atom. The van der Waals surface area contributed by atoms with Gasteiger partial charge in [-0.15, -0.1) is 0 Å². The Bertz CT molecular complexity index is 1160. The van der Waals surface area contributed by atoms with Crippen molar-refractivity contribution < 1.29 is 14.3 Å². The van der Waals surface area contributed by atoms with E-state index in [9.17, 15) is 9.59 Å². The lowest BCUT2D eigenvalue weighted by Crippen LogP contribution is -2.31. The fourth-order valence-electron chi connectivity index (χ4n) is 3.44. The van der Waals surface area contributed by atoms with Crippen LogP contribution in [0, 0.1) is 0 Å². The summed E-state index contributed by atoms with van der Waals surface area (Å²) in [7, 11) is 0. The SMILES string of the molecule is C[C@H](NC(=O)COC(=O)c1c[nH]c2ccccc12)c1cccc2ccccc12. The van der Waals surface area contributed by atoms with Crippen molar-refractivity contribution in [3.63, 3.8) is 0 Å². The van der Waals surface area contributed by atoms with Crippen molar-refractivity contribution in [1.29, 1.82) is 0 Å². The number of nitrogens with one attached hydrogen (secondary N) is 2. The monoisotopic (exact) mass is 372 g/mol. The standard InChI is InChI=1S/C23H20N2O3/c1-15(17-11-6-8-16-7-2-3-9-18(16)17)25-22(26)14-28-23(27)20-13-24-21-12-5-4-10-19(20)21/h2-13,15,24H,14H2,1H3,(H,25,26)/t15-/m0/s1. The van der Waals surface area contributed by atoms with Crippen molar-refractivity contribution in [1.82, 2.24) is 10.3 Å². The Morgan fingerprint density at radius 1 is 0.964 bits per heavy atom.